The lowest BCUT2D eigenvalue weighted by atomic mass is 9.59. The van der Waals surface area contributed by atoms with Crippen LogP contribution < -0.4 is 65.6 Å². The van der Waals surface area contributed by atoms with Gasteiger partial charge in [0.25, 0.3) is 0 Å². The first kappa shape index (κ1) is 39.0. The molecule has 0 spiro atoms. The maximum atomic E-state index is 6.66. The van der Waals surface area contributed by atoms with Crippen molar-refractivity contribution in [2.24, 2.45) is 0 Å². The maximum Gasteiger partial charge on any atom is 0.226 e. The molecule has 8 rings (SSSR count). The van der Waals surface area contributed by atoms with E-state index in [1.165, 1.54) is 109 Å². The summed E-state index contributed by atoms with van der Waals surface area (Å²) in [6.45, 7) is 0. The monoisotopic (exact) mass is 739 g/mol. The summed E-state index contributed by atoms with van der Waals surface area (Å²) >= 11 is 6.66. The minimum Gasteiger partial charge on any atom is -0.208 e. The molecule has 0 fully saturated rings. The molecular formula is C41H38B12ClN3. The second-order valence-electron chi connectivity index (χ2n) is 16.1. The first-order chi connectivity index (χ1) is 27.2. The summed E-state index contributed by atoms with van der Waals surface area (Å²) in [7, 11) is 27.1. The minimum absolute atomic E-state index is 0.168. The van der Waals surface area contributed by atoms with Crippen LogP contribution in [0.1, 0.15) is 0 Å². The van der Waals surface area contributed by atoms with Gasteiger partial charge in [-0.3, -0.25) is 0 Å². The van der Waals surface area contributed by atoms with Crippen molar-refractivity contribution in [3.05, 3.63) is 90.2 Å². The van der Waals surface area contributed by atoms with Gasteiger partial charge in [0, 0.05) is 11.1 Å². The number of rotatable bonds is 5. The molecule has 1 heterocycles. The fourth-order valence-electron chi connectivity index (χ4n) is 9.19. The molecule has 0 aliphatic heterocycles. The van der Waals surface area contributed by atoms with Crippen LogP contribution >= 0.6 is 11.6 Å². The summed E-state index contributed by atoms with van der Waals surface area (Å²) in [5.74, 6) is 1.09. The molecule has 16 heteroatoms. The van der Waals surface area contributed by atoms with Gasteiger partial charge in [0.2, 0.25) is 5.28 Å². The highest BCUT2D eigenvalue weighted by atomic mass is 35.5. The molecule has 260 valence electrons. The Morgan fingerprint density at radius 1 is 0.333 bits per heavy atom. The predicted octanol–water partition coefficient (Wildman–Crippen LogP) is -9.73. The maximum absolute atomic E-state index is 6.66. The first-order valence-electron chi connectivity index (χ1n) is 19.9. The van der Waals surface area contributed by atoms with E-state index < -0.39 is 0 Å². The Kier molecular flexibility index (Phi) is 10.1. The van der Waals surface area contributed by atoms with E-state index in [-0.39, 0.29) is 5.28 Å². The van der Waals surface area contributed by atoms with Gasteiger partial charge < -0.3 is 0 Å². The van der Waals surface area contributed by atoms with Crippen LogP contribution in [0.4, 0.5) is 0 Å². The van der Waals surface area contributed by atoms with Crippen LogP contribution in [0.3, 0.4) is 0 Å². The number of aromatic nitrogens is 3. The van der Waals surface area contributed by atoms with Gasteiger partial charge in [0.1, 0.15) is 94.2 Å². The molecule has 0 aliphatic rings. The van der Waals surface area contributed by atoms with E-state index in [1.54, 1.807) is 0 Å². The van der Waals surface area contributed by atoms with Crippen molar-refractivity contribution in [3.63, 3.8) is 0 Å². The molecule has 7 aromatic carbocycles. The van der Waals surface area contributed by atoms with E-state index in [9.17, 15) is 0 Å². The zero-order valence-corrected chi connectivity index (χ0v) is 36.1. The van der Waals surface area contributed by atoms with Gasteiger partial charge in [0.05, 0.1) is 0 Å². The van der Waals surface area contributed by atoms with Crippen LogP contribution in [0, 0.1) is 0 Å². The average molecular weight is 738 g/mol. The average Bonchev–Trinajstić information content (AvgIpc) is 3.22. The highest BCUT2D eigenvalue weighted by Gasteiger charge is 2.20. The molecule has 0 amide bonds. The van der Waals surface area contributed by atoms with Crippen LogP contribution in [-0.4, -0.2) is 109 Å². The summed E-state index contributed by atoms with van der Waals surface area (Å²) in [5.41, 5.74) is 25.4. The molecule has 0 atom stereocenters. The van der Waals surface area contributed by atoms with Gasteiger partial charge in [-0.05, 0) is 72.6 Å². The Labute approximate surface area is 352 Å². The van der Waals surface area contributed by atoms with Crippen molar-refractivity contribution in [2.45, 2.75) is 0 Å². The van der Waals surface area contributed by atoms with E-state index in [4.69, 9.17) is 16.6 Å². The number of nitrogens with zero attached hydrogens (tertiary/aromatic N) is 3. The van der Waals surface area contributed by atoms with Gasteiger partial charge in [0.15, 0.2) is 11.6 Å². The lowest BCUT2D eigenvalue weighted by molar-refractivity contribution is 1.07. The minimum atomic E-state index is 0.168. The standard InChI is InChI=1S/C41H38B12ClN3/c42-27-23(25-26(31(46)33(27)48)32(47)37(52)36(51)30(25)45)15-8-10-16(11-9-15)39-55-40(57-41(54)56-39)18-5-3-4-17(14-18)19-12-13-22(21-7-2-1-6-20(19)21)24-28(43)34(49)38(53)35(50)29(24)44/h1-14H,42-53H2. The number of halogens is 1. The molecule has 0 saturated carbocycles. The van der Waals surface area contributed by atoms with E-state index in [2.05, 4.69) is 183 Å². The van der Waals surface area contributed by atoms with Crippen LogP contribution in [0.25, 0.3) is 77.7 Å². The molecule has 0 radical (unpaired) electrons. The number of hydrogen-bond donors (Lipinski definition) is 0. The highest BCUT2D eigenvalue weighted by Crippen LogP contribution is 2.36. The third-order valence-electron chi connectivity index (χ3n) is 13.5. The Hall–Kier alpha value is -4.86. The van der Waals surface area contributed by atoms with Crippen molar-refractivity contribution >= 4 is 193 Å². The van der Waals surface area contributed by atoms with E-state index in [0.717, 1.165) is 22.3 Å². The molecule has 0 bridgehead atoms. The topological polar surface area (TPSA) is 38.7 Å². The molecule has 1 aromatic heterocycles. The van der Waals surface area contributed by atoms with E-state index >= 15 is 0 Å². The molecule has 0 saturated heterocycles. The van der Waals surface area contributed by atoms with Crippen LogP contribution in [-0.2, 0) is 0 Å². The summed E-state index contributed by atoms with van der Waals surface area (Å²) in [4.78, 5) is 14.2. The highest BCUT2D eigenvalue weighted by molar-refractivity contribution is 6.72. The second kappa shape index (κ2) is 14.8. The Bertz CT molecular complexity index is 2970. The molecular weight excluding hydrogens is 700 g/mol. The summed E-state index contributed by atoms with van der Waals surface area (Å²) in [6, 6.07) is 30.4. The number of benzene rings is 7. The molecule has 8 aromatic rings. The largest absolute Gasteiger partial charge is 0.226 e. The SMILES string of the molecule is Bc1c(B)c(B)c(-c2ccc(-c3cccc(-c4nc(Cl)nc(-c5ccc(-c6c(B)c(B)c(B)c7c(B)c(B)c(B)c(B)c67)cc5)n4)c3)c3ccccc23)c(B)c1B. The lowest BCUT2D eigenvalue weighted by Crippen LogP contribution is -2.55. The van der Waals surface area contributed by atoms with Gasteiger partial charge in [-0.15, -0.1) is 32.8 Å². The molecule has 3 nitrogen and oxygen atoms in total. The lowest BCUT2D eigenvalue weighted by Gasteiger charge is -2.24. The second-order valence-corrected chi connectivity index (χ2v) is 16.5. The molecule has 57 heavy (non-hydrogen) atoms. The van der Waals surface area contributed by atoms with E-state index in [1.807, 2.05) is 6.07 Å². The van der Waals surface area contributed by atoms with Crippen molar-refractivity contribution in [3.8, 4) is 56.2 Å². The first-order valence-corrected chi connectivity index (χ1v) is 20.3. The van der Waals surface area contributed by atoms with Crippen LogP contribution in [0.15, 0.2) is 84.9 Å². The fourth-order valence-corrected chi connectivity index (χ4v) is 9.35. The van der Waals surface area contributed by atoms with Crippen molar-refractivity contribution in [1.82, 2.24) is 15.0 Å². The fraction of sp³-hybridized carbons (Fsp3) is 0. The summed E-state index contributed by atoms with van der Waals surface area (Å²) in [6.07, 6.45) is 0. The van der Waals surface area contributed by atoms with Crippen LogP contribution in [0.5, 0.6) is 0 Å². The third-order valence-corrected chi connectivity index (χ3v) is 13.6. The van der Waals surface area contributed by atoms with Gasteiger partial charge in [-0.1, -0.05) is 112 Å². The quantitative estimate of drug-likeness (QED) is 0.165. The van der Waals surface area contributed by atoms with E-state index in [0.29, 0.717) is 11.6 Å². The zero-order valence-electron chi connectivity index (χ0n) is 35.3. The summed E-state index contributed by atoms with van der Waals surface area (Å²) in [5, 5.41) is 5.34. The number of fused-ring (bicyclic) bond motifs is 2. The summed E-state index contributed by atoms with van der Waals surface area (Å²) < 4.78 is 0. The number of hydrogen-bond acceptors (Lipinski definition) is 3. The van der Waals surface area contributed by atoms with Crippen molar-refractivity contribution in [2.75, 3.05) is 0 Å². The van der Waals surface area contributed by atoms with Gasteiger partial charge >= 0.3 is 0 Å². The predicted molar refractivity (Wildman–Crippen MR) is 285 cm³/mol. The van der Waals surface area contributed by atoms with Gasteiger partial charge in [-0.2, -0.15) is 9.97 Å². The normalized spacial score (nSPS) is 11.4. The molecule has 0 unspecified atom stereocenters. The smallest absolute Gasteiger partial charge is 0.208 e. The zero-order chi connectivity index (χ0) is 40.6. The molecule has 0 N–H and O–H groups in total. The van der Waals surface area contributed by atoms with Crippen molar-refractivity contribution in [1.29, 1.82) is 0 Å². The Morgan fingerprint density at radius 2 is 0.772 bits per heavy atom. The third kappa shape index (κ3) is 6.38. The van der Waals surface area contributed by atoms with Crippen LogP contribution in [0.2, 0.25) is 5.28 Å². The van der Waals surface area contributed by atoms with Crippen molar-refractivity contribution < 1.29 is 0 Å². The Morgan fingerprint density at radius 3 is 1.39 bits per heavy atom. The van der Waals surface area contributed by atoms with Gasteiger partial charge in [-0.25, -0.2) is 4.98 Å². The Balaban J connectivity index is 1.19. The molecule has 0 aliphatic carbocycles.